The summed E-state index contributed by atoms with van der Waals surface area (Å²) in [7, 11) is 0. The quantitative estimate of drug-likeness (QED) is 0.186. The molecule has 0 saturated heterocycles. The molecule has 0 unspecified atom stereocenters. The first kappa shape index (κ1) is 28.1. The van der Waals surface area contributed by atoms with E-state index in [0.717, 1.165) is 48.6 Å². The van der Waals surface area contributed by atoms with Crippen LogP contribution in [0.5, 0.6) is 5.75 Å². The largest absolute Gasteiger partial charge is 0.478 e. The van der Waals surface area contributed by atoms with Gasteiger partial charge in [-0.05, 0) is 91.0 Å². The summed E-state index contributed by atoms with van der Waals surface area (Å²) in [5, 5.41) is 1.30. The standard InChI is InChI=1S/C31H32F6O/c1-2-3-20-4-6-21(7-5-20)8-9-22-11-15-26-25(16-22)14-13-24(29(26)34)12-10-23-17-27(32)30(28(33)18-23)38-19-31(35,36)37/h2,11,13-18,20-21H,1,3-10,12,19H2. The van der Waals surface area contributed by atoms with Gasteiger partial charge in [0.1, 0.15) is 5.82 Å². The number of ether oxygens (including phenoxy) is 1. The van der Waals surface area contributed by atoms with E-state index in [1.165, 1.54) is 31.2 Å². The summed E-state index contributed by atoms with van der Waals surface area (Å²) >= 11 is 0. The van der Waals surface area contributed by atoms with Crippen molar-refractivity contribution in [1.29, 1.82) is 0 Å². The van der Waals surface area contributed by atoms with E-state index in [4.69, 9.17) is 0 Å². The summed E-state index contributed by atoms with van der Waals surface area (Å²) in [5.41, 5.74) is 1.78. The Bertz CT molecular complexity index is 1230. The first-order valence-corrected chi connectivity index (χ1v) is 13.1. The zero-order valence-electron chi connectivity index (χ0n) is 21.2. The topological polar surface area (TPSA) is 9.23 Å². The van der Waals surface area contributed by atoms with Gasteiger partial charge in [-0.15, -0.1) is 6.58 Å². The van der Waals surface area contributed by atoms with E-state index in [2.05, 4.69) is 11.3 Å². The summed E-state index contributed by atoms with van der Waals surface area (Å²) in [6, 6.07) is 11.1. The monoisotopic (exact) mass is 534 g/mol. The maximum Gasteiger partial charge on any atom is 0.422 e. The molecule has 3 aromatic carbocycles. The fourth-order valence-electron chi connectivity index (χ4n) is 5.43. The molecular formula is C31H32F6O. The average Bonchev–Trinajstić information content (AvgIpc) is 2.87. The minimum absolute atomic E-state index is 0.114. The molecule has 1 fully saturated rings. The van der Waals surface area contributed by atoms with Gasteiger partial charge in [-0.25, -0.2) is 13.2 Å². The molecule has 38 heavy (non-hydrogen) atoms. The van der Waals surface area contributed by atoms with E-state index in [1.807, 2.05) is 24.3 Å². The van der Waals surface area contributed by atoms with Crippen LogP contribution in [0.4, 0.5) is 26.3 Å². The predicted molar refractivity (Wildman–Crippen MR) is 138 cm³/mol. The molecule has 0 spiro atoms. The molecule has 3 aromatic rings. The fourth-order valence-corrected chi connectivity index (χ4v) is 5.43. The molecule has 0 aliphatic heterocycles. The molecule has 1 nitrogen and oxygen atoms in total. The number of aryl methyl sites for hydroxylation is 3. The lowest BCUT2D eigenvalue weighted by Crippen LogP contribution is -2.20. The van der Waals surface area contributed by atoms with Gasteiger partial charge in [-0.1, -0.05) is 49.2 Å². The van der Waals surface area contributed by atoms with Crippen LogP contribution in [-0.4, -0.2) is 12.8 Å². The van der Waals surface area contributed by atoms with E-state index in [0.29, 0.717) is 10.9 Å². The van der Waals surface area contributed by atoms with Crippen LogP contribution in [-0.2, 0) is 19.3 Å². The van der Waals surface area contributed by atoms with Crippen molar-refractivity contribution in [2.45, 2.75) is 64.0 Å². The normalized spacial score (nSPS) is 18.1. The van der Waals surface area contributed by atoms with Gasteiger partial charge in [0.2, 0.25) is 0 Å². The zero-order valence-corrected chi connectivity index (χ0v) is 21.2. The molecule has 0 N–H and O–H groups in total. The van der Waals surface area contributed by atoms with Crippen LogP contribution in [0, 0.1) is 29.3 Å². The molecule has 0 heterocycles. The van der Waals surface area contributed by atoms with E-state index < -0.39 is 30.2 Å². The molecule has 1 aliphatic rings. The second kappa shape index (κ2) is 12.3. The van der Waals surface area contributed by atoms with E-state index in [9.17, 15) is 22.0 Å². The third-order valence-corrected chi connectivity index (χ3v) is 7.53. The third-order valence-electron chi connectivity index (χ3n) is 7.53. The summed E-state index contributed by atoms with van der Waals surface area (Å²) in [4.78, 5) is 0. The molecule has 0 aromatic heterocycles. The van der Waals surface area contributed by atoms with E-state index in [-0.39, 0.29) is 24.2 Å². The van der Waals surface area contributed by atoms with Crippen molar-refractivity contribution in [2.24, 2.45) is 11.8 Å². The third kappa shape index (κ3) is 7.33. The Labute approximate surface area is 219 Å². The van der Waals surface area contributed by atoms with Gasteiger partial charge >= 0.3 is 6.18 Å². The summed E-state index contributed by atoms with van der Waals surface area (Å²) in [6.45, 7) is 2.05. The maximum absolute atomic E-state index is 15.2. The summed E-state index contributed by atoms with van der Waals surface area (Å²) in [6.07, 6.45) is 5.81. The number of hydrogen-bond acceptors (Lipinski definition) is 1. The molecule has 0 amide bonds. The second-order valence-corrected chi connectivity index (χ2v) is 10.3. The number of halogens is 6. The molecule has 204 valence electrons. The molecule has 1 aliphatic carbocycles. The van der Waals surface area contributed by atoms with Crippen LogP contribution >= 0.6 is 0 Å². The van der Waals surface area contributed by atoms with Gasteiger partial charge in [0.25, 0.3) is 0 Å². The van der Waals surface area contributed by atoms with Crippen LogP contribution in [0.1, 0.15) is 55.2 Å². The zero-order chi connectivity index (χ0) is 27.3. The minimum atomic E-state index is -4.71. The molecule has 1 saturated carbocycles. The number of alkyl halides is 3. The Balaban J connectivity index is 1.36. The molecular weight excluding hydrogens is 502 g/mol. The Hall–Kier alpha value is -2.96. The molecule has 7 heteroatoms. The van der Waals surface area contributed by atoms with Gasteiger partial charge in [0.15, 0.2) is 24.0 Å². The Morgan fingerprint density at radius 3 is 2.16 bits per heavy atom. The van der Waals surface area contributed by atoms with Crippen LogP contribution in [0.2, 0.25) is 0 Å². The highest BCUT2D eigenvalue weighted by atomic mass is 19.4. The lowest BCUT2D eigenvalue weighted by Gasteiger charge is -2.27. The van der Waals surface area contributed by atoms with Crippen molar-refractivity contribution < 1.29 is 31.1 Å². The first-order valence-electron chi connectivity index (χ1n) is 13.1. The molecule has 0 radical (unpaired) electrons. The number of benzene rings is 3. The first-order chi connectivity index (χ1) is 18.1. The molecule has 4 rings (SSSR count). The highest BCUT2D eigenvalue weighted by Crippen LogP contribution is 2.34. The van der Waals surface area contributed by atoms with Crippen molar-refractivity contribution >= 4 is 10.8 Å². The Kier molecular flexibility index (Phi) is 9.06. The van der Waals surface area contributed by atoms with Crippen LogP contribution in [0.15, 0.2) is 55.1 Å². The number of fused-ring (bicyclic) bond motifs is 1. The van der Waals surface area contributed by atoms with Gasteiger partial charge in [0.05, 0.1) is 0 Å². The van der Waals surface area contributed by atoms with Gasteiger partial charge in [-0.3, -0.25) is 0 Å². The van der Waals surface area contributed by atoms with Crippen LogP contribution in [0.3, 0.4) is 0 Å². The Morgan fingerprint density at radius 1 is 0.816 bits per heavy atom. The highest BCUT2D eigenvalue weighted by Gasteiger charge is 2.30. The maximum atomic E-state index is 15.2. The fraction of sp³-hybridized carbons (Fsp3) is 0.419. The minimum Gasteiger partial charge on any atom is -0.478 e. The average molecular weight is 535 g/mol. The summed E-state index contributed by atoms with van der Waals surface area (Å²) in [5.74, 6) is -2.39. The molecule has 0 atom stereocenters. The van der Waals surface area contributed by atoms with Gasteiger partial charge < -0.3 is 4.74 Å². The lowest BCUT2D eigenvalue weighted by molar-refractivity contribution is -0.154. The molecule has 0 bridgehead atoms. The number of rotatable bonds is 10. The van der Waals surface area contributed by atoms with E-state index in [1.54, 1.807) is 12.1 Å². The Morgan fingerprint density at radius 2 is 1.50 bits per heavy atom. The van der Waals surface area contributed by atoms with Crippen molar-refractivity contribution in [1.82, 2.24) is 0 Å². The number of hydrogen-bond donors (Lipinski definition) is 0. The van der Waals surface area contributed by atoms with Gasteiger partial charge in [0, 0.05) is 5.39 Å². The number of allylic oxidation sites excluding steroid dienone is 1. The van der Waals surface area contributed by atoms with E-state index >= 15 is 4.39 Å². The summed E-state index contributed by atoms with van der Waals surface area (Å²) < 4.78 is 84.7. The lowest BCUT2D eigenvalue weighted by atomic mass is 9.78. The van der Waals surface area contributed by atoms with Crippen molar-refractivity contribution in [2.75, 3.05) is 6.61 Å². The highest BCUT2D eigenvalue weighted by molar-refractivity contribution is 5.84. The second-order valence-electron chi connectivity index (χ2n) is 10.3. The van der Waals surface area contributed by atoms with Gasteiger partial charge in [-0.2, -0.15) is 13.2 Å². The van der Waals surface area contributed by atoms with Crippen molar-refractivity contribution in [3.05, 3.63) is 89.3 Å². The van der Waals surface area contributed by atoms with Crippen molar-refractivity contribution in [3.63, 3.8) is 0 Å². The SMILES string of the molecule is C=CCC1CCC(CCc2ccc3c(F)c(CCc4cc(F)c(OCC(F)(F)F)c(F)c4)ccc3c2)CC1. The van der Waals surface area contributed by atoms with Crippen LogP contribution in [0.25, 0.3) is 10.8 Å². The predicted octanol–water partition coefficient (Wildman–Crippen LogP) is 9.30. The smallest absolute Gasteiger partial charge is 0.422 e. The van der Waals surface area contributed by atoms with Crippen LogP contribution < -0.4 is 4.74 Å². The van der Waals surface area contributed by atoms with Crippen molar-refractivity contribution in [3.8, 4) is 5.75 Å².